The Hall–Kier alpha value is -1.16. The highest BCUT2D eigenvalue weighted by Crippen LogP contribution is 2.16. The second-order valence-electron chi connectivity index (χ2n) is 3.78. The summed E-state index contributed by atoms with van der Waals surface area (Å²) in [7, 11) is 0. The maximum Gasteiger partial charge on any atom is 0.177 e. The fraction of sp³-hybridized carbons (Fsp3) is 0.500. The number of rotatable bonds is 1. The predicted octanol–water partition coefficient (Wildman–Crippen LogP) is 3.41. The first kappa shape index (κ1) is 9.92. The van der Waals surface area contributed by atoms with E-state index in [4.69, 9.17) is 4.42 Å². The van der Waals surface area contributed by atoms with E-state index in [-0.39, 0.29) is 0 Å². The molecule has 0 saturated carbocycles. The summed E-state index contributed by atoms with van der Waals surface area (Å²) in [5.41, 5.74) is 0. The van der Waals surface area contributed by atoms with Gasteiger partial charge < -0.3 is 4.42 Å². The van der Waals surface area contributed by atoms with Gasteiger partial charge in [-0.2, -0.15) is 0 Å². The van der Waals surface area contributed by atoms with E-state index in [0.717, 1.165) is 11.5 Å². The van der Waals surface area contributed by atoms with Gasteiger partial charge in [0.2, 0.25) is 0 Å². The van der Waals surface area contributed by atoms with E-state index in [0.29, 0.717) is 11.8 Å². The average Bonchev–Trinajstić information content (AvgIpc) is 2.48. The predicted molar refractivity (Wildman–Crippen MR) is 54.5 cm³/mol. The third kappa shape index (κ3) is 2.99. The monoisotopic (exact) mass is 176 g/mol. The molecule has 0 aromatic carbocycles. The van der Waals surface area contributed by atoms with Gasteiger partial charge in [-0.3, -0.25) is 0 Å². The summed E-state index contributed by atoms with van der Waals surface area (Å²) in [4.78, 5) is 0. The van der Waals surface area contributed by atoms with Crippen molar-refractivity contribution in [3.63, 3.8) is 0 Å². The Morgan fingerprint density at radius 3 is 2.31 bits per heavy atom. The molecule has 1 rings (SSSR count). The first-order chi connectivity index (χ1) is 6.09. The van der Waals surface area contributed by atoms with E-state index in [2.05, 4.69) is 39.5 Å². The molecule has 70 valence electrons. The SMILES string of the molecule is CC(C)C#Cc1ccc(C(C)C)o1. The molecule has 0 amide bonds. The molecule has 1 aromatic rings. The molecule has 0 saturated heterocycles. The molecule has 0 atom stereocenters. The van der Waals surface area contributed by atoms with Gasteiger partial charge in [0.25, 0.3) is 0 Å². The minimum Gasteiger partial charge on any atom is -0.452 e. The van der Waals surface area contributed by atoms with E-state index in [9.17, 15) is 0 Å². The largest absolute Gasteiger partial charge is 0.452 e. The Balaban J connectivity index is 2.77. The summed E-state index contributed by atoms with van der Waals surface area (Å²) >= 11 is 0. The van der Waals surface area contributed by atoms with Crippen molar-refractivity contribution in [1.29, 1.82) is 0 Å². The molecule has 0 spiro atoms. The van der Waals surface area contributed by atoms with Gasteiger partial charge in [0.05, 0.1) is 0 Å². The van der Waals surface area contributed by atoms with Gasteiger partial charge in [0.1, 0.15) is 5.76 Å². The maximum atomic E-state index is 5.52. The van der Waals surface area contributed by atoms with Crippen molar-refractivity contribution in [2.45, 2.75) is 33.6 Å². The first-order valence-electron chi connectivity index (χ1n) is 4.71. The highest BCUT2D eigenvalue weighted by atomic mass is 16.3. The van der Waals surface area contributed by atoms with Gasteiger partial charge in [0, 0.05) is 11.8 Å². The first-order valence-corrected chi connectivity index (χ1v) is 4.71. The van der Waals surface area contributed by atoms with Crippen LogP contribution in [0.15, 0.2) is 16.5 Å². The zero-order valence-corrected chi connectivity index (χ0v) is 8.72. The molecule has 0 aliphatic heterocycles. The number of hydrogen-bond acceptors (Lipinski definition) is 1. The summed E-state index contributed by atoms with van der Waals surface area (Å²) in [6.07, 6.45) is 0. The summed E-state index contributed by atoms with van der Waals surface area (Å²) in [6, 6.07) is 3.93. The lowest BCUT2D eigenvalue weighted by atomic mass is 10.2. The van der Waals surface area contributed by atoms with E-state index in [1.807, 2.05) is 12.1 Å². The Kier molecular flexibility index (Phi) is 3.19. The van der Waals surface area contributed by atoms with E-state index >= 15 is 0 Å². The van der Waals surface area contributed by atoms with Gasteiger partial charge in [-0.1, -0.05) is 33.6 Å². The molecule has 13 heavy (non-hydrogen) atoms. The van der Waals surface area contributed by atoms with Crippen molar-refractivity contribution < 1.29 is 4.42 Å². The fourth-order valence-electron chi connectivity index (χ4n) is 0.946. The lowest BCUT2D eigenvalue weighted by Crippen LogP contribution is -1.81. The zero-order valence-electron chi connectivity index (χ0n) is 8.72. The van der Waals surface area contributed by atoms with Gasteiger partial charge in [-0.05, 0) is 18.1 Å². The van der Waals surface area contributed by atoms with Gasteiger partial charge in [0.15, 0.2) is 5.76 Å². The molecular weight excluding hydrogens is 160 g/mol. The topological polar surface area (TPSA) is 13.1 Å². The second-order valence-corrected chi connectivity index (χ2v) is 3.78. The van der Waals surface area contributed by atoms with E-state index < -0.39 is 0 Å². The smallest absolute Gasteiger partial charge is 0.177 e. The lowest BCUT2D eigenvalue weighted by Gasteiger charge is -1.96. The number of hydrogen-bond donors (Lipinski definition) is 0. The van der Waals surface area contributed by atoms with Gasteiger partial charge in [-0.15, -0.1) is 0 Å². The number of furan rings is 1. The third-order valence-corrected chi connectivity index (χ3v) is 1.68. The molecule has 0 N–H and O–H groups in total. The van der Waals surface area contributed by atoms with Gasteiger partial charge >= 0.3 is 0 Å². The van der Waals surface area contributed by atoms with Crippen LogP contribution in [0.25, 0.3) is 0 Å². The molecule has 1 heterocycles. The van der Waals surface area contributed by atoms with Crippen LogP contribution in [-0.2, 0) is 0 Å². The van der Waals surface area contributed by atoms with Crippen LogP contribution in [0, 0.1) is 17.8 Å². The van der Waals surface area contributed by atoms with Crippen LogP contribution in [0.3, 0.4) is 0 Å². The summed E-state index contributed by atoms with van der Waals surface area (Å²) in [5, 5.41) is 0. The molecule has 1 heteroatoms. The van der Waals surface area contributed by atoms with Crippen LogP contribution in [0.4, 0.5) is 0 Å². The van der Waals surface area contributed by atoms with Crippen LogP contribution in [0.1, 0.15) is 45.1 Å². The molecule has 0 radical (unpaired) electrons. The molecule has 0 bridgehead atoms. The summed E-state index contributed by atoms with van der Waals surface area (Å²) in [6.45, 7) is 8.36. The normalized spacial score (nSPS) is 10.3. The highest BCUT2D eigenvalue weighted by molar-refractivity contribution is 5.27. The fourth-order valence-corrected chi connectivity index (χ4v) is 0.946. The van der Waals surface area contributed by atoms with Crippen LogP contribution in [0.5, 0.6) is 0 Å². The summed E-state index contributed by atoms with van der Waals surface area (Å²) < 4.78 is 5.52. The minimum atomic E-state index is 0.396. The van der Waals surface area contributed by atoms with Crippen LogP contribution >= 0.6 is 0 Å². The Morgan fingerprint density at radius 1 is 1.15 bits per heavy atom. The second kappa shape index (κ2) is 4.18. The van der Waals surface area contributed by atoms with E-state index in [1.165, 1.54) is 0 Å². The van der Waals surface area contributed by atoms with Crippen molar-refractivity contribution in [3.8, 4) is 11.8 Å². The summed E-state index contributed by atoms with van der Waals surface area (Å²) in [5.74, 6) is 8.69. The molecule has 1 nitrogen and oxygen atoms in total. The molecule has 0 unspecified atom stereocenters. The molecule has 0 fully saturated rings. The molecule has 0 aliphatic rings. The maximum absolute atomic E-state index is 5.52. The third-order valence-electron chi connectivity index (χ3n) is 1.68. The quantitative estimate of drug-likeness (QED) is 0.598. The van der Waals surface area contributed by atoms with Crippen LogP contribution in [0.2, 0.25) is 0 Å². The molecular formula is C12H16O. The Morgan fingerprint density at radius 2 is 1.85 bits per heavy atom. The van der Waals surface area contributed by atoms with E-state index in [1.54, 1.807) is 0 Å². The highest BCUT2D eigenvalue weighted by Gasteiger charge is 2.03. The van der Waals surface area contributed by atoms with Crippen molar-refractivity contribution in [2.24, 2.45) is 5.92 Å². The van der Waals surface area contributed by atoms with Crippen molar-refractivity contribution in [2.75, 3.05) is 0 Å². The lowest BCUT2D eigenvalue weighted by molar-refractivity contribution is 0.477. The Bertz CT molecular complexity index is 320. The van der Waals surface area contributed by atoms with Crippen molar-refractivity contribution >= 4 is 0 Å². The van der Waals surface area contributed by atoms with Crippen LogP contribution < -0.4 is 0 Å². The standard InChI is InChI=1S/C12H16O/c1-9(2)5-6-11-7-8-12(13-11)10(3)4/h7-10H,1-4H3. The average molecular weight is 176 g/mol. The minimum absolute atomic E-state index is 0.396. The van der Waals surface area contributed by atoms with Crippen LogP contribution in [-0.4, -0.2) is 0 Å². The van der Waals surface area contributed by atoms with Crippen molar-refractivity contribution in [1.82, 2.24) is 0 Å². The zero-order chi connectivity index (χ0) is 9.84. The van der Waals surface area contributed by atoms with Crippen molar-refractivity contribution in [3.05, 3.63) is 23.7 Å². The van der Waals surface area contributed by atoms with Gasteiger partial charge in [-0.25, -0.2) is 0 Å². The molecule has 1 aromatic heterocycles. The molecule has 0 aliphatic carbocycles. The Labute approximate surface area is 80.1 Å².